The number of hydrogen-bond acceptors (Lipinski definition) is 5. The number of thiazole rings is 1. The van der Waals surface area contributed by atoms with Gasteiger partial charge in [0.1, 0.15) is 4.88 Å². The standard InChI is InChI=1S/C18H17F5N2O3S/c19-16(20)28-9-13-6-3-11(10-1-4-12(5-2-10)18(21,22)23)8-25(13)17-24-7-14(29-17)15(26)27/h1-2,4-5,7,11,13,16H,3,6,8-9H2,(H,26,27)/t11-,13-/m0/s1. The van der Waals surface area contributed by atoms with E-state index in [2.05, 4.69) is 9.72 Å². The number of aromatic nitrogens is 1. The average molecular weight is 436 g/mol. The van der Waals surface area contributed by atoms with Crippen molar-refractivity contribution < 1.29 is 36.6 Å². The van der Waals surface area contributed by atoms with Crippen LogP contribution in [0.5, 0.6) is 0 Å². The largest absolute Gasteiger partial charge is 0.477 e. The summed E-state index contributed by atoms with van der Waals surface area (Å²) in [6, 6.07) is 4.40. The number of piperidine rings is 1. The van der Waals surface area contributed by atoms with Crippen molar-refractivity contribution >= 4 is 22.4 Å². The van der Waals surface area contributed by atoms with Crippen LogP contribution in [-0.4, -0.2) is 41.9 Å². The minimum atomic E-state index is -4.43. The van der Waals surface area contributed by atoms with Gasteiger partial charge in [0.15, 0.2) is 5.13 Å². The first-order valence-corrected chi connectivity index (χ1v) is 9.49. The molecule has 0 saturated carbocycles. The molecule has 0 amide bonds. The van der Waals surface area contributed by atoms with Crippen molar-refractivity contribution in [2.24, 2.45) is 0 Å². The highest BCUT2D eigenvalue weighted by Crippen LogP contribution is 2.37. The monoisotopic (exact) mass is 436 g/mol. The number of aromatic carboxylic acids is 1. The van der Waals surface area contributed by atoms with Crippen molar-refractivity contribution in [2.75, 3.05) is 18.1 Å². The zero-order valence-corrected chi connectivity index (χ0v) is 15.7. The maximum atomic E-state index is 12.8. The lowest BCUT2D eigenvalue weighted by Crippen LogP contribution is -2.45. The number of halogens is 5. The molecule has 1 aliphatic rings. The molecule has 0 aliphatic carbocycles. The van der Waals surface area contributed by atoms with Gasteiger partial charge in [0.25, 0.3) is 0 Å². The molecule has 1 aromatic carbocycles. The summed E-state index contributed by atoms with van der Waals surface area (Å²) in [5, 5.41) is 9.45. The zero-order chi connectivity index (χ0) is 21.2. The normalized spacial score (nSPS) is 20.3. The van der Waals surface area contributed by atoms with E-state index in [4.69, 9.17) is 5.11 Å². The van der Waals surface area contributed by atoms with Crippen molar-refractivity contribution in [1.82, 2.24) is 4.98 Å². The molecule has 11 heteroatoms. The number of alkyl halides is 5. The Morgan fingerprint density at radius 3 is 2.52 bits per heavy atom. The van der Waals surface area contributed by atoms with Crippen LogP contribution in [0.2, 0.25) is 0 Å². The molecule has 0 radical (unpaired) electrons. The van der Waals surface area contributed by atoms with Gasteiger partial charge in [0, 0.05) is 12.5 Å². The fourth-order valence-corrected chi connectivity index (χ4v) is 4.17. The van der Waals surface area contributed by atoms with E-state index < -0.39 is 30.4 Å². The highest BCUT2D eigenvalue weighted by Gasteiger charge is 2.33. The smallest absolute Gasteiger partial charge is 0.416 e. The summed E-state index contributed by atoms with van der Waals surface area (Å²) in [6.45, 7) is -2.90. The van der Waals surface area contributed by atoms with Gasteiger partial charge < -0.3 is 14.7 Å². The molecule has 158 valence electrons. The fourth-order valence-electron chi connectivity index (χ4n) is 3.33. The summed E-state index contributed by atoms with van der Waals surface area (Å²) in [4.78, 5) is 16.9. The van der Waals surface area contributed by atoms with E-state index >= 15 is 0 Å². The summed E-state index contributed by atoms with van der Waals surface area (Å²) in [6.07, 6.45) is -2.23. The molecule has 0 spiro atoms. The number of anilines is 1. The van der Waals surface area contributed by atoms with Crippen LogP contribution in [0, 0.1) is 0 Å². The first kappa shape index (κ1) is 21.4. The van der Waals surface area contributed by atoms with Crippen LogP contribution in [0.4, 0.5) is 27.1 Å². The van der Waals surface area contributed by atoms with Gasteiger partial charge in [0.2, 0.25) is 0 Å². The molecule has 5 nitrogen and oxygen atoms in total. The minimum Gasteiger partial charge on any atom is -0.477 e. The van der Waals surface area contributed by atoms with Crippen LogP contribution < -0.4 is 4.90 Å². The van der Waals surface area contributed by atoms with Crippen LogP contribution in [-0.2, 0) is 10.9 Å². The summed E-state index contributed by atoms with van der Waals surface area (Å²) >= 11 is 0.912. The van der Waals surface area contributed by atoms with Gasteiger partial charge in [0.05, 0.1) is 24.4 Å². The molecule has 29 heavy (non-hydrogen) atoms. The van der Waals surface area contributed by atoms with Crippen LogP contribution in [0.1, 0.15) is 39.6 Å². The van der Waals surface area contributed by atoms with Crippen LogP contribution in [0.25, 0.3) is 0 Å². The summed E-state index contributed by atoms with van der Waals surface area (Å²) in [5.74, 6) is -1.30. The second kappa shape index (κ2) is 8.62. The first-order valence-electron chi connectivity index (χ1n) is 8.68. The van der Waals surface area contributed by atoms with Gasteiger partial charge in [-0.25, -0.2) is 9.78 Å². The van der Waals surface area contributed by atoms with E-state index in [-0.39, 0.29) is 17.4 Å². The van der Waals surface area contributed by atoms with Crippen molar-refractivity contribution in [3.8, 4) is 0 Å². The second-order valence-corrected chi connectivity index (χ2v) is 7.62. The number of carbonyl (C=O) groups is 1. The minimum absolute atomic E-state index is 0.00480. The van der Waals surface area contributed by atoms with Crippen molar-refractivity contribution in [3.05, 3.63) is 46.5 Å². The molecular formula is C18H17F5N2O3S. The number of carboxylic acid groups (broad SMARTS) is 1. The molecule has 2 heterocycles. The zero-order valence-electron chi connectivity index (χ0n) is 14.9. The van der Waals surface area contributed by atoms with E-state index in [0.29, 0.717) is 30.1 Å². The molecule has 1 N–H and O–H groups in total. The third-order valence-electron chi connectivity index (χ3n) is 4.78. The third kappa shape index (κ3) is 5.21. The Bertz CT molecular complexity index is 841. The first-order chi connectivity index (χ1) is 13.6. The quantitative estimate of drug-likeness (QED) is 0.656. The molecule has 1 aliphatic heterocycles. The van der Waals surface area contributed by atoms with Gasteiger partial charge in [-0.05, 0) is 30.5 Å². The SMILES string of the molecule is O=C(O)c1cnc(N2C[C@@H](c3ccc(C(F)(F)F)cc3)CC[C@H]2COC(F)F)s1. The van der Waals surface area contributed by atoms with E-state index in [1.165, 1.54) is 18.3 Å². The van der Waals surface area contributed by atoms with Gasteiger partial charge in [-0.15, -0.1) is 0 Å². The molecule has 1 saturated heterocycles. The number of rotatable bonds is 6. The third-order valence-corrected chi connectivity index (χ3v) is 5.80. The van der Waals surface area contributed by atoms with Crippen LogP contribution in [0.3, 0.4) is 0 Å². The number of nitrogens with zero attached hydrogens (tertiary/aromatic N) is 2. The number of carboxylic acids is 1. The van der Waals surface area contributed by atoms with E-state index in [9.17, 15) is 26.7 Å². The van der Waals surface area contributed by atoms with E-state index in [1.807, 2.05) is 0 Å². The number of benzene rings is 1. The molecule has 2 aromatic rings. The Labute approximate surface area is 166 Å². The maximum absolute atomic E-state index is 12.8. The lowest BCUT2D eigenvalue weighted by Gasteiger charge is -2.39. The topological polar surface area (TPSA) is 62.7 Å². The van der Waals surface area contributed by atoms with E-state index in [1.54, 1.807) is 4.90 Å². The van der Waals surface area contributed by atoms with Crippen molar-refractivity contribution in [2.45, 2.75) is 37.6 Å². The summed E-state index contributed by atoms with van der Waals surface area (Å²) in [5.41, 5.74) is -0.0607. The molecule has 1 fully saturated rings. The van der Waals surface area contributed by atoms with Gasteiger partial charge in [-0.3, -0.25) is 0 Å². The Balaban J connectivity index is 1.81. The average Bonchev–Trinajstić information content (AvgIpc) is 3.16. The highest BCUT2D eigenvalue weighted by atomic mass is 32.1. The summed E-state index contributed by atoms with van der Waals surface area (Å²) in [7, 11) is 0. The molecule has 2 atom stereocenters. The van der Waals surface area contributed by atoms with Crippen LogP contribution in [0.15, 0.2) is 30.5 Å². The number of ether oxygens (including phenoxy) is 1. The second-order valence-electron chi connectivity index (χ2n) is 6.61. The molecule has 0 bridgehead atoms. The highest BCUT2D eigenvalue weighted by molar-refractivity contribution is 7.17. The molecule has 0 unspecified atom stereocenters. The van der Waals surface area contributed by atoms with Crippen molar-refractivity contribution in [1.29, 1.82) is 0 Å². The predicted molar refractivity (Wildman–Crippen MR) is 95.6 cm³/mol. The van der Waals surface area contributed by atoms with Crippen LogP contribution >= 0.6 is 11.3 Å². The summed E-state index contributed by atoms with van der Waals surface area (Å²) < 4.78 is 67.7. The number of hydrogen-bond donors (Lipinski definition) is 1. The van der Waals surface area contributed by atoms with Crippen molar-refractivity contribution in [3.63, 3.8) is 0 Å². The Morgan fingerprint density at radius 2 is 1.97 bits per heavy atom. The Morgan fingerprint density at radius 1 is 1.28 bits per heavy atom. The molecule has 3 rings (SSSR count). The lowest BCUT2D eigenvalue weighted by molar-refractivity contribution is -0.137. The Kier molecular flexibility index (Phi) is 6.37. The van der Waals surface area contributed by atoms with E-state index in [0.717, 1.165) is 23.5 Å². The predicted octanol–water partition coefficient (Wildman–Crippen LogP) is 4.85. The molecular weight excluding hydrogens is 419 g/mol. The maximum Gasteiger partial charge on any atom is 0.416 e. The van der Waals surface area contributed by atoms with Gasteiger partial charge >= 0.3 is 18.8 Å². The lowest BCUT2D eigenvalue weighted by atomic mass is 9.87. The van der Waals surface area contributed by atoms with Gasteiger partial charge in [-0.1, -0.05) is 23.5 Å². The van der Waals surface area contributed by atoms with Gasteiger partial charge in [-0.2, -0.15) is 22.0 Å². The molecule has 1 aromatic heterocycles. The Hall–Kier alpha value is -2.27. The fraction of sp³-hybridized carbons (Fsp3) is 0.444.